The normalized spacial score (nSPS) is 21.0. The molecule has 1 aliphatic heterocycles. The third kappa shape index (κ3) is 2.35. The van der Waals surface area contributed by atoms with Crippen molar-refractivity contribution in [1.82, 2.24) is 30.0 Å². The number of rotatable bonds is 3. The van der Waals surface area contributed by atoms with Crippen molar-refractivity contribution < 1.29 is 9.59 Å². The first-order valence-corrected chi connectivity index (χ1v) is 7.32. The lowest BCUT2D eigenvalue weighted by atomic mass is 9.93. The maximum Gasteiger partial charge on any atom is 0.325 e. The molecule has 9 heteroatoms. The fourth-order valence-corrected chi connectivity index (χ4v) is 2.82. The molecule has 1 aliphatic rings. The maximum atomic E-state index is 12.8. The van der Waals surface area contributed by atoms with E-state index in [4.69, 9.17) is 11.6 Å². The molecule has 0 spiro atoms. The van der Waals surface area contributed by atoms with Crippen LogP contribution in [0.5, 0.6) is 0 Å². The summed E-state index contributed by atoms with van der Waals surface area (Å²) in [7, 11) is 1.78. The molecule has 120 valence electrons. The molecule has 2 aromatic heterocycles. The Hall–Kier alpha value is -2.48. The number of imide groups is 1. The molecule has 1 saturated heterocycles. The highest BCUT2D eigenvalue weighted by Gasteiger charge is 2.50. The van der Waals surface area contributed by atoms with E-state index in [-0.39, 0.29) is 11.7 Å². The van der Waals surface area contributed by atoms with Gasteiger partial charge in [-0.3, -0.25) is 9.69 Å². The maximum absolute atomic E-state index is 12.8. The monoisotopic (exact) mass is 334 g/mol. The van der Waals surface area contributed by atoms with Crippen LogP contribution in [-0.2, 0) is 23.9 Å². The first kappa shape index (κ1) is 15.4. The predicted octanol–water partition coefficient (Wildman–Crippen LogP) is 1.14. The van der Waals surface area contributed by atoms with Crippen molar-refractivity contribution in [2.75, 3.05) is 0 Å². The van der Waals surface area contributed by atoms with E-state index in [1.807, 2.05) is 0 Å². The fraction of sp³-hybridized carbons (Fsp3) is 0.357. The minimum atomic E-state index is -1.25. The SMILES string of the molecule is Cc1nnc(CN2C(=O)N[C@@](C)(c3cccnc3Cl)C2=O)n1C. The van der Waals surface area contributed by atoms with E-state index in [2.05, 4.69) is 20.5 Å². The molecule has 2 aromatic rings. The zero-order chi connectivity index (χ0) is 16.8. The van der Waals surface area contributed by atoms with Gasteiger partial charge in [0.25, 0.3) is 5.91 Å². The van der Waals surface area contributed by atoms with Gasteiger partial charge in [-0.2, -0.15) is 0 Å². The number of amides is 3. The topological polar surface area (TPSA) is 93.0 Å². The third-order valence-electron chi connectivity index (χ3n) is 4.06. The molecule has 0 unspecified atom stereocenters. The summed E-state index contributed by atoms with van der Waals surface area (Å²) in [6, 6.07) is 2.84. The van der Waals surface area contributed by atoms with Gasteiger partial charge < -0.3 is 9.88 Å². The third-order valence-corrected chi connectivity index (χ3v) is 4.36. The molecule has 23 heavy (non-hydrogen) atoms. The van der Waals surface area contributed by atoms with E-state index in [1.165, 1.54) is 6.20 Å². The molecule has 0 saturated carbocycles. The summed E-state index contributed by atoms with van der Waals surface area (Å²) in [4.78, 5) is 30.2. The van der Waals surface area contributed by atoms with Gasteiger partial charge in [0.1, 0.15) is 16.5 Å². The van der Waals surface area contributed by atoms with E-state index >= 15 is 0 Å². The minimum absolute atomic E-state index is 0.0372. The summed E-state index contributed by atoms with van der Waals surface area (Å²) in [6.45, 7) is 3.44. The van der Waals surface area contributed by atoms with Gasteiger partial charge in [0.15, 0.2) is 5.82 Å². The minimum Gasteiger partial charge on any atom is -0.319 e. The summed E-state index contributed by atoms with van der Waals surface area (Å²) >= 11 is 6.08. The molecule has 3 amide bonds. The quantitative estimate of drug-likeness (QED) is 0.671. The Bertz CT molecular complexity index is 804. The van der Waals surface area contributed by atoms with Crippen molar-refractivity contribution in [3.05, 3.63) is 40.7 Å². The second kappa shape index (κ2) is 5.31. The number of urea groups is 1. The Balaban J connectivity index is 1.94. The molecule has 3 heterocycles. The van der Waals surface area contributed by atoms with Gasteiger partial charge in [0.05, 0.1) is 6.54 Å². The molecule has 3 rings (SSSR count). The highest BCUT2D eigenvalue weighted by atomic mass is 35.5. The fourth-order valence-electron chi connectivity index (χ4n) is 2.51. The lowest BCUT2D eigenvalue weighted by molar-refractivity contribution is -0.131. The Morgan fingerprint density at radius 1 is 1.35 bits per heavy atom. The summed E-state index contributed by atoms with van der Waals surface area (Å²) in [5.74, 6) is 0.815. The zero-order valence-electron chi connectivity index (χ0n) is 12.9. The van der Waals surface area contributed by atoms with Crippen LogP contribution in [0.3, 0.4) is 0 Å². The van der Waals surface area contributed by atoms with Crippen LogP contribution < -0.4 is 5.32 Å². The molecule has 0 aromatic carbocycles. The van der Waals surface area contributed by atoms with Gasteiger partial charge in [-0.25, -0.2) is 9.78 Å². The Kier molecular flexibility index (Phi) is 3.56. The number of hydrogen-bond acceptors (Lipinski definition) is 5. The van der Waals surface area contributed by atoms with Crippen molar-refractivity contribution in [1.29, 1.82) is 0 Å². The molecule has 1 fully saturated rings. The van der Waals surface area contributed by atoms with Crippen LogP contribution in [0.15, 0.2) is 18.3 Å². The number of carbonyl (C=O) groups excluding carboxylic acids is 2. The van der Waals surface area contributed by atoms with Crippen LogP contribution in [0.1, 0.15) is 24.1 Å². The first-order chi connectivity index (χ1) is 10.8. The number of aryl methyl sites for hydroxylation is 1. The van der Waals surface area contributed by atoms with Gasteiger partial charge in [-0.15, -0.1) is 10.2 Å². The Labute approximate surface area is 137 Å². The molecule has 0 bridgehead atoms. The summed E-state index contributed by atoms with van der Waals surface area (Å²) < 4.78 is 1.73. The molecule has 1 atom stereocenters. The van der Waals surface area contributed by atoms with Gasteiger partial charge in [-0.05, 0) is 19.9 Å². The highest BCUT2D eigenvalue weighted by molar-refractivity contribution is 6.30. The largest absolute Gasteiger partial charge is 0.325 e. The highest BCUT2D eigenvalue weighted by Crippen LogP contribution is 2.32. The van der Waals surface area contributed by atoms with Gasteiger partial charge >= 0.3 is 6.03 Å². The Morgan fingerprint density at radius 2 is 2.09 bits per heavy atom. The lowest BCUT2D eigenvalue weighted by Gasteiger charge is -2.22. The molecule has 1 N–H and O–H groups in total. The summed E-state index contributed by atoms with van der Waals surface area (Å²) in [5, 5.41) is 10.8. The van der Waals surface area contributed by atoms with Crippen molar-refractivity contribution in [2.45, 2.75) is 25.9 Å². The van der Waals surface area contributed by atoms with Crippen molar-refractivity contribution in [3.63, 3.8) is 0 Å². The number of carbonyl (C=O) groups is 2. The predicted molar refractivity (Wildman–Crippen MR) is 81.4 cm³/mol. The van der Waals surface area contributed by atoms with Crippen molar-refractivity contribution in [2.24, 2.45) is 7.05 Å². The van der Waals surface area contributed by atoms with Gasteiger partial charge in [0.2, 0.25) is 0 Å². The van der Waals surface area contributed by atoms with E-state index in [9.17, 15) is 9.59 Å². The van der Waals surface area contributed by atoms with Gasteiger partial charge in [-0.1, -0.05) is 17.7 Å². The Morgan fingerprint density at radius 3 is 2.70 bits per heavy atom. The molecular formula is C14H15ClN6O2. The molecular weight excluding hydrogens is 320 g/mol. The van der Waals surface area contributed by atoms with Crippen LogP contribution in [0, 0.1) is 6.92 Å². The number of nitrogens with one attached hydrogen (secondary N) is 1. The number of halogens is 1. The van der Waals surface area contributed by atoms with Gasteiger partial charge in [0, 0.05) is 18.8 Å². The van der Waals surface area contributed by atoms with Crippen LogP contribution in [0.25, 0.3) is 0 Å². The van der Waals surface area contributed by atoms with Crippen LogP contribution in [0.4, 0.5) is 4.79 Å². The van der Waals surface area contributed by atoms with Crippen molar-refractivity contribution >= 4 is 23.5 Å². The number of nitrogens with zero attached hydrogens (tertiary/aromatic N) is 5. The molecule has 8 nitrogen and oxygen atoms in total. The average molecular weight is 335 g/mol. The van der Waals surface area contributed by atoms with Crippen LogP contribution in [-0.4, -0.2) is 36.6 Å². The lowest BCUT2D eigenvalue weighted by Crippen LogP contribution is -2.41. The second-order valence-electron chi connectivity index (χ2n) is 5.51. The zero-order valence-corrected chi connectivity index (χ0v) is 13.6. The van der Waals surface area contributed by atoms with E-state index in [1.54, 1.807) is 37.6 Å². The van der Waals surface area contributed by atoms with Crippen molar-refractivity contribution in [3.8, 4) is 0 Å². The summed E-state index contributed by atoms with van der Waals surface area (Å²) in [6.07, 6.45) is 1.52. The smallest absolute Gasteiger partial charge is 0.319 e. The van der Waals surface area contributed by atoms with Crippen LogP contribution in [0.2, 0.25) is 5.15 Å². The second-order valence-corrected chi connectivity index (χ2v) is 5.87. The molecule has 0 aliphatic carbocycles. The van der Waals surface area contributed by atoms with Crippen LogP contribution >= 0.6 is 11.6 Å². The first-order valence-electron chi connectivity index (χ1n) is 6.94. The number of hydrogen-bond donors (Lipinski definition) is 1. The summed E-state index contributed by atoms with van der Waals surface area (Å²) in [5.41, 5.74) is -0.799. The van der Waals surface area contributed by atoms with E-state index in [0.717, 1.165) is 4.90 Å². The standard InChI is InChI=1S/C14H15ClN6O2/c1-8-18-19-10(20(8)3)7-21-12(22)14(2,17-13(21)23)9-5-4-6-16-11(9)15/h4-6H,7H2,1-3H3,(H,17,23)/t14-/m0/s1. The molecule has 0 radical (unpaired) electrons. The number of pyridine rings is 1. The average Bonchev–Trinajstić information content (AvgIpc) is 2.93. The number of aromatic nitrogens is 4. The van der Waals surface area contributed by atoms with E-state index < -0.39 is 17.5 Å². The van der Waals surface area contributed by atoms with E-state index in [0.29, 0.717) is 17.2 Å².